The van der Waals surface area contributed by atoms with E-state index in [2.05, 4.69) is 0 Å². The highest BCUT2D eigenvalue weighted by Crippen LogP contribution is 2.30. The fourth-order valence-electron chi connectivity index (χ4n) is 2.87. The van der Waals surface area contributed by atoms with Crippen LogP contribution < -0.4 is 5.11 Å². The molecule has 1 unspecified atom stereocenters. The van der Waals surface area contributed by atoms with Crippen molar-refractivity contribution in [3.8, 4) is 0 Å². The molecule has 0 spiro atoms. The molecule has 0 radical (unpaired) electrons. The van der Waals surface area contributed by atoms with E-state index < -0.39 is 11.9 Å². The number of carboxylic acids is 1. The van der Waals surface area contributed by atoms with Crippen LogP contribution in [0.2, 0.25) is 0 Å². The van der Waals surface area contributed by atoms with Crippen LogP contribution in [0, 0.1) is 0 Å². The fourth-order valence-corrected chi connectivity index (χ4v) is 2.87. The quantitative estimate of drug-likeness (QED) is 0.736. The third-order valence-electron chi connectivity index (χ3n) is 4.04. The average Bonchev–Trinajstić information content (AvgIpc) is 2.53. The number of carbonyl (C=O) groups is 3. The molecule has 1 atom stereocenters. The number of benzene rings is 2. The second-order valence-corrected chi connectivity index (χ2v) is 5.29. The van der Waals surface area contributed by atoms with Crippen molar-refractivity contribution in [3.63, 3.8) is 0 Å². The lowest BCUT2D eigenvalue weighted by molar-refractivity contribution is -0.308. The van der Waals surface area contributed by atoms with Crippen LogP contribution in [0.25, 0.3) is 0 Å². The Morgan fingerprint density at radius 1 is 0.955 bits per heavy atom. The Balaban J connectivity index is 2.16. The molecule has 2 aromatic rings. The number of fused-ring (bicyclic) bond motifs is 2. The van der Waals surface area contributed by atoms with Gasteiger partial charge in [-0.25, -0.2) is 0 Å². The highest BCUT2D eigenvalue weighted by Gasteiger charge is 2.29. The standard InChI is InChI=1S/C18H14O4/c1-2-11(18(21)22)10-7-8-14-15(9-10)17(20)13-6-4-3-5-12(13)16(14)19/h3-9,11H,2H2,1H3,(H,21,22)/p-1. The molecule has 22 heavy (non-hydrogen) atoms. The number of carbonyl (C=O) groups excluding carboxylic acids is 3. The van der Waals surface area contributed by atoms with Crippen LogP contribution in [0.1, 0.15) is 56.7 Å². The number of carboxylic acid groups (broad SMARTS) is 1. The minimum Gasteiger partial charge on any atom is -0.549 e. The van der Waals surface area contributed by atoms with Gasteiger partial charge in [-0.3, -0.25) is 9.59 Å². The molecule has 0 saturated heterocycles. The number of ketones is 2. The minimum atomic E-state index is -1.18. The highest BCUT2D eigenvalue weighted by molar-refractivity contribution is 6.28. The Labute approximate surface area is 127 Å². The second-order valence-electron chi connectivity index (χ2n) is 5.29. The molecule has 0 bridgehead atoms. The van der Waals surface area contributed by atoms with Gasteiger partial charge in [0.15, 0.2) is 11.6 Å². The van der Waals surface area contributed by atoms with Crippen LogP contribution in [-0.4, -0.2) is 17.5 Å². The molecule has 4 heteroatoms. The summed E-state index contributed by atoms with van der Waals surface area (Å²) in [5.41, 5.74) is 1.82. The molecule has 2 aromatic carbocycles. The molecule has 1 aliphatic carbocycles. The predicted molar refractivity (Wildman–Crippen MR) is 77.8 cm³/mol. The van der Waals surface area contributed by atoms with Gasteiger partial charge in [0.2, 0.25) is 0 Å². The first-order chi connectivity index (χ1) is 10.5. The molecule has 110 valence electrons. The van der Waals surface area contributed by atoms with Gasteiger partial charge >= 0.3 is 0 Å². The maximum atomic E-state index is 12.6. The summed E-state index contributed by atoms with van der Waals surface area (Å²) in [5.74, 6) is -2.43. The summed E-state index contributed by atoms with van der Waals surface area (Å²) in [6.45, 7) is 1.74. The first-order valence-electron chi connectivity index (χ1n) is 7.07. The van der Waals surface area contributed by atoms with Gasteiger partial charge in [-0.05, 0) is 24.1 Å². The van der Waals surface area contributed by atoms with Crippen molar-refractivity contribution in [3.05, 3.63) is 70.3 Å². The highest BCUT2D eigenvalue weighted by atomic mass is 16.4. The number of hydrogen-bond donors (Lipinski definition) is 0. The molecule has 0 aliphatic heterocycles. The average molecular weight is 293 g/mol. The van der Waals surface area contributed by atoms with Gasteiger partial charge in [-0.1, -0.05) is 37.3 Å². The van der Waals surface area contributed by atoms with Crippen molar-refractivity contribution >= 4 is 17.5 Å². The van der Waals surface area contributed by atoms with Crippen molar-refractivity contribution in [2.75, 3.05) is 0 Å². The summed E-state index contributed by atoms with van der Waals surface area (Å²) < 4.78 is 0. The van der Waals surface area contributed by atoms with Gasteiger partial charge < -0.3 is 9.90 Å². The predicted octanol–water partition coefficient (Wildman–Crippen LogP) is 1.71. The van der Waals surface area contributed by atoms with Crippen LogP contribution in [0.5, 0.6) is 0 Å². The first kappa shape index (κ1) is 14.2. The molecule has 1 aliphatic rings. The van der Waals surface area contributed by atoms with Gasteiger partial charge in [0.1, 0.15) is 0 Å². The van der Waals surface area contributed by atoms with Crippen molar-refractivity contribution in [1.82, 2.24) is 0 Å². The molecular formula is C18H13O4-. The summed E-state index contributed by atoms with van der Waals surface area (Å²) in [6.07, 6.45) is 0.361. The Hall–Kier alpha value is -2.75. The zero-order chi connectivity index (χ0) is 15.9. The van der Waals surface area contributed by atoms with Crippen LogP contribution in [0.3, 0.4) is 0 Å². The summed E-state index contributed by atoms with van der Waals surface area (Å²) in [4.78, 5) is 36.2. The third-order valence-corrected chi connectivity index (χ3v) is 4.04. The van der Waals surface area contributed by atoms with Gasteiger partial charge in [-0.2, -0.15) is 0 Å². The zero-order valence-electron chi connectivity index (χ0n) is 12.0. The number of aliphatic carboxylic acids is 1. The largest absolute Gasteiger partial charge is 0.549 e. The summed E-state index contributed by atoms with van der Waals surface area (Å²) in [5, 5.41) is 11.2. The number of hydrogen-bond acceptors (Lipinski definition) is 4. The maximum absolute atomic E-state index is 12.6. The molecule has 3 rings (SSSR count). The Kier molecular flexibility index (Phi) is 3.37. The fraction of sp³-hybridized carbons (Fsp3) is 0.167. The van der Waals surface area contributed by atoms with Crippen molar-refractivity contribution in [1.29, 1.82) is 0 Å². The zero-order valence-corrected chi connectivity index (χ0v) is 12.0. The molecule has 0 fully saturated rings. The van der Waals surface area contributed by atoms with E-state index >= 15 is 0 Å². The van der Waals surface area contributed by atoms with Gasteiger partial charge in [0.05, 0.1) is 0 Å². The van der Waals surface area contributed by atoms with E-state index in [0.717, 1.165) is 0 Å². The lowest BCUT2D eigenvalue weighted by Crippen LogP contribution is -2.30. The van der Waals surface area contributed by atoms with Gasteiger partial charge in [-0.15, -0.1) is 0 Å². The number of rotatable bonds is 3. The van der Waals surface area contributed by atoms with Crippen molar-refractivity contribution in [2.45, 2.75) is 19.3 Å². The topological polar surface area (TPSA) is 74.3 Å². The maximum Gasteiger partial charge on any atom is 0.194 e. The molecule has 0 heterocycles. The third kappa shape index (κ3) is 2.04. The Morgan fingerprint density at radius 3 is 2.05 bits per heavy atom. The molecular weight excluding hydrogens is 280 g/mol. The Bertz CT molecular complexity index is 804. The van der Waals surface area contributed by atoms with Crippen LogP contribution >= 0.6 is 0 Å². The first-order valence-corrected chi connectivity index (χ1v) is 7.07. The van der Waals surface area contributed by atoms with Gasteiger partial charge in [0.25, 0.3) is 0 Å². The van der Waals surface area contributed by atoms with Crippen LogP contribution in [0.4, 0.5) is 0 Å². The van der Waals surface area contributed by atoms with E-state index in [1.807, 2.05) is 0 Å². The molecule has 0 saturated carbocycles. The molecule has 0 amide bonds. The van der Waals surface area contributed by atoms with Crippen LogP contribution in [-0.2, 0) is 4.79 Å². The molecule has 0 N–H and O–H groups in total. The van der Waals surface area contributed by atoms with Crippen molar-refractivity contribution < 1.29 is 19.5 Å². The lowest BCUT2D eigenvalue weighted by Gasteiger charge is -2.21. The SMILES string of the molecule is CCC(C(=O)[O-])c1ccc2c(c1)C(=O)c1ccccc1C2=O. The molecule has 0 aromatic heterocycles. The van der Waals surface area contributed by atoms with E-state index in [-0.39, 0.29) is 17.1 Å². The Morgan fingerprint density at radius 2 is 1.50 bits per heavy atom. The minimum absolute atomic E-state index is 0.210. The van der Waals surface area contributed by atoms with E-state index in [4.69, 9.17) is 0 Å². The smallest absolute Gasteiger partial charge is 0.194 e. The molecule has 4 nitrogen and oxygen atoms in total. The second kappa shape index (κ2) is 5.22. The van der Waals surface area contributed by atoms with Gasteiger partial charge in [0, 0.05) is 34.1 Å². The van der Waals surface area contributed by atoms with E-state index in [9.17, 15) is 19.5 Å². The summed E-state index contributed by atoms with van der Waals surface area (Å²) in [6, 6.07) is 11.3. The van der Waals surface area contributed by atoms with E-state index in [1.54, 1.807) is 37.3 Å². The van der Waals surface area contributed by atoms with Crippen molar-refractivity contribution in [2.24, 2.45) is 0 Å². The van der Waals surface area contributed by atoms with E-state index in [1.165, 1.54) is 12.1 Å². The van der Waals surface area contributed by atoms with E-state index in [0.29, 0.717) is 28.7 Å². The van der Waals surface area contributed by atoms with Crippen LogP contribution in [0.15, 0.2) is 42.5 Å². The summed E-state index contributed by atoms with van der Waals surface area (Å²) in [7, 11) is 0. The summed E-state index contributed by atoms with van der Waals surface area (Å²) >= 11 is 0. The normalized spacial score (nSPS) is 14.2. The monoisotopic (exact) mass is 293 g/mol. The lowest BCUT2D eigenvalue weighted by atomic mass is 9.82.